The Hall–Kier alpha value is -2.27. The summed E-state index contributed by atoms with van der Waals surface area (Å²) in [6.45, 7) is 5.38. The minimum absolute atomic E-state index is 0.164. The molecule has 2 rings (SSSR count). The number of carbonyl (C=O) groups is 1. The smallest absolute Gasteiger partial charge is 0.335 e. The highest BCUT2D eigenvalue weighted by atomic mass is 16.5. The Kier molecular flexibility index (Phi) is 5.40. The molecule has 1 atom stereocenters. The van der Waals surface area contributed by atoms with Crippen LogP contribution in [0.4, 0.5) is 0 Å². The van der Waals surface area contributed by atoms with Gasteiger partial charge in [-0.15, -0.1) is 0 Å². The second-order valence-electron chi connectivity index (χ2n) is 4.73. The van der Waals surface area contributed by atoms with Crippen molar-refractivity contribution in [2.75, 3.05) is 26.3 Å². The third-order valence-corrected chi connectivity index (χ3v) is 3.28. The number of morpholine rings is 1. The first kappa shape index (κ1) is 15.1. The van der Waals surface area contributed by atoms with E-state index in [2.05, 4.69) is 35.5 Å². The molecule has 1 aliphatic heterocycles. The van der Waals surface area contributed by atoms with Crippen LogP contribution in [0.2, 0.25) is 0 Å². The van der Waals surface area contributed by atoms with Gasteiger partial charge in [-0.2, -0.15) is 0 Å². The average Bonchev–Trinajstić information content (AvgIpc) is 2.52. The summed E-state index contributed by atoms with van der Waals surface area (Å²) in [6, 6.07) is 6.61. The number of aromatic carboxylic acids is 1. The van der Waals surface area contributed by atoms with Crippen molar-refractivity contribution < 1.29 is 14.6 Å². The fourth-order valence-electron chi connectivity index (χ4n) is 2.00. The standard InChI is InChI=1S/C17H17NO3/c1-14(18-10-12-21-13-11-18)4-2-3-5-15-6-8-16(9-7-15)17(19)20/h6-9,14H,10-13H2,1H3,(H,19,20). The van der Waals surface area contributed by atoms with Crippen LogP contribution in [0.15, 0.2) is 24.3 Å². The summed E-state index contributed by atoms with van der Waals surface area (Å²) in [5.74, 6) is 10.7. The fraction of sp³-hybridized carbons (Fsp3) is 0.353. The Morgan fingerprint density at radius 1 is 1.24 bits per heavy atom. The molecule has 1 aliphatic rings. The zero-order valence-corrected chi connectivity index (χ0v) is 11.9. The molecule has 1 aromatic rings. The van der Waals surface area contributed by atoms with Gasteiger partial charge < -0.3 is 9.84 Å². The molecular formula is C17H17NO3. The van der Waals surface area contributed by atoms with Crippen molar-refractivity contribution in [2.45, 2.75) is 13.0 Å². The van der Waals surface area contributed by atoms with Gasteiger partial charge in [0.15, 0.2) is 0 Å². The average molecular weight is 283 g/mol. The number of ether oxygens (including phenoxy) is 1. The molecule has 0 aliphatic carbocycles. The third kappa shape index (κ3) is 4.65. The van der Waals surface area contributed by atoms with Crippen LogP contribution in [0.1, 0.15) is 22.8 Å². The first-order valence-corrected chi connectivity index (χ1v) is 6.83. The lowest BCUT2D eigenvalue weighted by atomic mass is 10.1. The number of carboxylic acids is 1. The molecule has 1 aromatic carbocycles. The monoisotopic (exact) mass is 283 g/mol. The van der Waals surface area contributed by atoms with Crippen LogP contribution in [-0.4, -0.2) is 48.3 Å². The van der Waals surface area contributed by atoms with E-state index in [-0.39, 0.29) is 11.6 Å². The summed E-state index contributed by atoms with van der Waals surface area (Å²) in [5, 5.41) is 8.80. The van der Waals surface area contributed by atoms with Crippen molar-refractivity contribution in [1.82, 2.24) is 4.90 Å². The normalized spacial score (nSPS) is 16.0. The molecule has 0 radical (unpaired) electrons. The van der Waals surface area contributed by atoms with E-state index in [1.165, 1.54) is 12.1 Å². The molecule has 4 nitrogen and oxygen atoms in total. The molecular weight excluding hydrogens is 266 g/mol. The summed E-state index contributed by atoms with van der Waals surface area (Å²) in [4.78, 5) is 13.0. The molecule has 21 heavy (non-hydrogen) atoms. The summed E-state index contributed by atoms with van der Waals surface area (Å²) in [5.41, 5.74) is 1.01. The lowest BCUT2D eigenvalue weighted by Gasteiger charge is -2.29. The van der Waals surface area contributed by atoms with Gasteiger partial charge in [0.1, 0.15) is 0 Å². The molecule has 1 saturated heterocycles. The molecule has 4 heteroatoms. The van der Waals surface area contributed by atoms with Crippen LogP contribution >= 0.6 is 0 Å². The molecule has 0 bridgehead atoms. The van der Waals surface area contributed by atoms with E-state index in [0.717, 1.165) is 31.9 Å². The van der Waals surface area contributed by atoms with E-state index in [0.29, 0.717) is 0 Å². The highest BCUT2D eigenvalue weighted by molar-refractivity contribution is 5.87. The first-order valence-electron chi connectivity index (χ1n) is 6.83. The molecule has 1 N–H and O–H groups in total. The van der Waals surface area contributed by atoms with E-state index in [9.17, 15) is 4.79 Å². The molecule has 1 heterocycles. The van der Waals surface area contributed by atoms with Crippen molar-refractivity contribution in [2.24, 2.45) is 0 Å². The van der Waals surface area contributed by atoms with Crippen LogP contribution in [0, 0.1) is 23.7 Å². The predicted octanol–water partition coefficient (Wildman–Crippen LogP) is 1.46. The van der Waals surface area contributed by atoms with Gasteiger partial charge in [-0.1, -0.05) is 11.8 Å². The molecule has 0 aromatic heterocycles. The second-order valence-corrected chi connectivity index (χ2v) is 4.73. The zero-order valence-electron chi connectivity index (χ0n) is 11.9. The maximum Gasteiger partial charge on any atom is 0.335 e. The van der Waals surface area contributed by atoms with Gasteiger partial charge in [-0.25, -0.2) is 4.79 Å². The van der Waals surface area contributed by atoms with Gasteiger partial charge in [0.2, 0.25) is 0 Å². The van der Waals surface area contributed by atoms with E-state index < -0.39 is 5.97 Å². The number of rotatable bonds is 2. The van der Waals surface area contributed by atoms with Crippen molar-refractivity contribution >= 4 is 5.97 Å². The molecule has 108 valence electrons. The Balaban J connectivity index is 1.93. The highest BCUT2D eigenvalue weighted by Crippen LogP contribution is 2.03. The molecule has 0 saturated carbocycles. The van der Waals surface area contributed by atoms with Gasteiger partial charge in [0.05, 0.1) is 24.8 Å². The number of benzene rings is 1. The summed E-state index contributed by atoms with van der Waals surface area (Å²) < 4.78 is 5.30. The van der Waals surface area contributed by atoms with Gasteiger partial charge in [0, 0.05) is 18.7 Å². The van der Waals surface area contributed by atoms with Crippen molar-refractivity contribution in [3.8, 4) is 23.7 Å². The van der Waals surface area contributed by atoms with E-state index in [4.69, 9.17) is 9.84 Å². The molecule has 1 fully saturated rings. The zero-order chi connectivity index (χ0) is 15.1. The quantitative estimate of drug-likeness (QED) is 0.835. The summed E-state index contributed by atoms with van der Waals surface area (Å²) >= 11 is 0. The minimum atomic E-state index is -0.936. The SMILES string of the molecule is CC(C#CC#Cc1ccc(C(=O)O)cc1)N1CCOCC1. The first-order chi connectivity index (χ1) is 10.2. The maximum atomic E-state index is 10.7. The molecule has 0 spiro atoms. The minimum Gasteiger partial charge on any atom is -0.478 e. The van der Waals surface area contributed by atoms with Crippen LogP contribution in [-0.2, 0) is 4.74 Å². The van der Waals surface area contributed by atoms with Crippen LogP contribution < -0.4 is 0 Å². The lowest BCUT2D eigenvalue weighted by molar-refractivity contribution is 0.0302. The van der Waals surface area contributed by atoms with Crippen LogP contribution in [0.5, 0.6) is 0 Å². The van der Waals surface area contributed by atoms with E-state index in [1.807, 2.05) is 0 Å². The largest absolute Gasteiger partial charge is 0.478 e. The second kappa shape index (κ2) is 7.50. The Labute approximate surface area is 124 Å². The maximum absolute atomic E-state index is 10.7. The van der Waals surface area contributed by atoms with Crippen LogP contribution in [0.3, 0.4) is 0 Å². The van der Waals surface area contributed by atoms with Crippen molar-refractivity contribution in [3.63, 3.8) is 0 Å². The van der Waals surface area contributed by atoms with Gasteiger partial charge in [-0.05, 0) is 43.0 Å². The van der Waals surface area contributed by atoms with Crippen molar-refractivity contribution in [3.05, 3.63) is 35.4 Å². The summed E-state index contributed by atoms with van der Waals surface area (Å²) in [6.07, 6.45) is 0. The third-order valence-electron chi connectivity index (χ3n) is 3.28. The number of hydrogen-bond acceptors (Lipinski definition) is 3. The van der Waals surface area contributed by atoms with Gasteiger partial charge in [-0.3, -0.25) is 4.90 Å². The van der Waals surface area contributed by atoms with Gasteiger partial charge in [0.25, 0.3) is 0 Å². The molecule has 0 amide bonds. The van der Waals surface area contributed by atoms with Crippen LogP contribution in [0.25, 0.3) is 0 Å². The molecule has 1 unspecified atom stereocenters. The Morgan fingerprint density at radius 2 is 1.90 bits per heavy atom. The highest BCUT2D eigenvalue weighted by Gasteiger charge is 2.14. The Morgan fingerprint density at radius 3 is 2.52 bits per heavy atom. The topological polar surface area (TPSA) is 49.8 Å². The summed E-state index contributed by atoms with van der Waals surface area (Å²) in [7, 11) is 0. The van der Waals surface area contributed by atoms with Crippen molar-refractivity contribution in [1.29, 1.82) is 0 Å². The lowest BCUT2D eigenvalue weighted by Crippen LogP contribution is -2.41. The van der Waals surface area contributed by atoms with E-state index in [1.54, 1.807) is 12.1 Å². The number of hydrogen-bond donors (Lipinski definition) is 1. The van der Waals surface area contributed by atoms with E-state index >= 15 is 0 Å². The van der Waals surface area contributed by atoms with Gasteiger partial charge >= 0.3 is 5.97 Å². The Bertz CT molecular complexity index is 607. The fourth-order valence-corrected chi connectivity index (χ4v) is 2.00. The predicted molar refractivity (Wildman–Crippen MR) is 79.9 cm³/mol. The number of carboxylic acid groups (broad SMARTS) is 1. The number of nitrogens with zero attached hydrogens (tertiary/aromatic N) is 1.